The van der Waals surface area contributed by atoms with Crippen LogP contribution in [-0.2, 0) is 4.79 Å². The number of aliphatic hydroxyl groups is 2. The van der Waals surface area contributed by atoms with E-state index in [0.717, 1.165) is 96.3 Å². The minimum atomic E-state index is -0.887. The average Bonchev–Trinajstić information content (AvgIpc) is 3.09. The van der Waals surface area contributed by atoms with Gasteiger partial charge in [0.25, 0.3) is 0 Å². The van der Waals surface area contributed by atoms with Gasteiger partial charge >= 0.3 is 0 Å². The molecule has 3 N–H and O–H groups in total. The Labute approximate surface area is 296 Å². The van der Waals surface area contributed by atoms with E-state index >= 15 is 0 Å². The largest absolute Gasteiger partial charge is 0.394 e. The van der Waals surface area contributed by atoms with Gasteiger partial charge in [-0.15, -0.1) is 0 Å². The topological polar surface area (TPSA) is 69.6 Å². The first-order valence-corrected chi connectivity index (χ1v) is 19.1. The number of unbranched alkanes of at least 4 members (excludes halogenated alkanes) is 9. The maximum absolute atomic E-state index is 12.3. The highest BCUT2D eigenvalue weighted by molar-refractivity contribution is 5.76. The molecule has 0 bridgehead atoms. The van der Waals surface area contributed by atoms with E-state index in [1.807, 2.05) is 6.08 Å². The van der Waals surface area contributed by atoms with Gasteiger partial charge in [-0.2, -0.15) is 0 Å². The van der Waals surface area contributed by atoms with E-state index in [0.29, 0.717) is 6.42 Å². The van der Waals surface area contributed by atoms with E-state index in [-0.39, 0.29) is 12.5 Å². The Hall–Kier alpha value is -2.95. The number of aliphatic hydroxyl groups excluding tert-OH is 2. The zero-order valence-electron chi connectivity index (χ0n) is 30.7. The second-order valence-corrected chi connectivity index (χ2v) is 12.2. The first-order valence-electron chi connectivity index (χ1n) is 19.1. The number of amides is 1. The van der Waals surface area contributed by atoms with Crippen molar-refractivity contribution in [3.05, 3.63) is 109 Å². The van der Waals surface area contributed by atoms with Crippen molar-refractivity contribution < 1.29 is 15.0 Å². The van der Waals surface area contributed by atoms with Gasteiger partial charge in [-0.1, -0.05) is 149 Å². The zero-order chi connectivity index (χ0) is 35.0. The van der Waals surface area contributed by atoms with Crippen LogP contribution in [0.1, 0.15) is 142 Å². The highest BCUT2D eigenvalue weighted by atomic mass is 16.3. The third-order valence-electron chi connectivity index (χ3n) is 7.72. The third kappa shape index (κ3) is 34.4. The van der Waals surface area contributed by atoms with Crippen LogP contribution in [-0.4, -0.2) is 34.9 Å². The predicted molar refractivity (Wildman–Crippen MR) is 211 cm³/mol. The molecule has 0 saturated heterocycles. The molecule has 48 heavy (non-hydrogen) atoms. The van der Waals surface area contributed by atoms with E-state index in [2.05, 4.69) is 116 Å². The Kier molecular flexibility index (Phi) is 36.1. The second-order valence-electron chi connectivity index (χ2n) is 12.2. The molecule has 0 aromatic heterocycles. The molecule has 2 unspecified atom stereocenters. The molecular weight excluding hydrogens is 590 g/mol. The average molecular weight is 662 g/mol. The van der Waals surface area contributed by atoms with E-state index < -0.39 is 12.1 Å². The summed E-state index contributed by atoms with van der Waals surface area (Å²) in [4.78, 5) is 12.3. The number of hydrogen-bond acceptors (Lipinski definition) is 3. The van der Waals surface area contributed by atoms with Crippen LogP contribution in [0.5, 0.6) is 0 Å². The Morgan fingerprint density at radius 3 is 1.44 bits per heavy atom. The SMILES string of the molecule is CC/C=C\C/C=C\C/C=C\C/C=C\C/C=C\C/C=C\CCCCCCC(=O)NC(CO)C(O)/C=C/CC/C=C/CC/C=C/CCCCC. The summed E-state index contributed by atoms with van der Waals surface area (Å²) in [5, 5.41) is 22.8. The van der Waals surface area contributed by atoms with Crippen molar-refractivity contribution >= 4 is 5.91 Å². The van der Waals surface area contributed by atoms with Crippen molar-refractivity contribution in [2.24, 2.45) is 0 Å². The van der Waals surface area contributed by atoms with E-state index in [1.54, 1.807) is 6.08 Å². The standard InChI is InChI=1S/C44H71NO3/c1-3-5-7-9-11-13-15-17-18-19-20-21-22-23-24-25-26-28-30-32-34-36-38-40-44(48)45-42(41-46)43(47)39-37-35-33-31-29-27-16-14-12-10-8-6-4-2/h5,7,11-14,17-18,20-21,23-24,26,28-29,31,37,39,42-43,46-47H,3-4,6,8-10,15-16,19,22,25,27,30,32-36,38,40-41H2,1-2H3,(H,45,48)/b7-5-,13-11-,14-12+,18-17-,21-20-,24-23-,28-26-,31-29+,39-37+. The Morgan fingerprint density at radius 1 is 0.521 bits per heavy atom. The molecule has 0 aliphatic carbocycles. The van der Waals surface area contributed by atoms with Gasteiger partial charge in [-0.3, -0.25) is 4.79 Å². The lowest BCUT2D eigenvalue weighted by atomic mass is 10.1. The number of allylic oxidation sites excluding steroid dienone is 17. The fourth-order valence-corrected chi connectivity index (χ4v) is 4.80. The number of rotatable bonds is 32. The van der Waals surface area contributed by atoms with Crippen LogP contribution < -0.4 is 5.32 Å². The van der Waals surface area contributed by atoms with Crippen LogP contribution in [0.4, 0.5) is 0 Å². The highest BCUT2D eigenvalue weighted by Crippen LogP contribution is 2.08. The maximum atomic E-state index is 12.3. The Bertz CT molecular complexity index is 979. The van der Waals surface area contributed by atoms with Gasteiger partial charge in [0.15, 0.2) is 0 Å². The number of hydrogen-bond donors (Lipinski definition) is 3. The lowest BCUT2D eigenvalue weighted by molar-refractivity contribution is -0.123. The lowest BCUT2D eigenvalue weighted by Gasteiger charge is -2.19. The summed E-state index contributed by atoms with van der Waals surface area (Å²) >= 11 is 0. The van der Waals surface area contributed by atoms with Crippen LogP contribution >= 0.6 is 0 Å². The first kappa shape index (κ1) is 45.1. The van der Waals surface area contributed by atoms with Crippen molar-refractivity contribution in [2.75, 3.05) is 6.61 Å². The molecule has 0 rings (SSSR count). The maximum Gasteiger partial charge on any atom is 0.220 e. The molecule has 0 saturated carbocycles. The summed E-state index contributed by atoms with van der Waals surface area (Å²) in [7, 11) is 0. The van der Waals surface area contributed by atoms with E-state index in [9.17, 15) is 15.0 Å². The molecule has 2 atom stereocenters. The van der Waals surface area contributed by atoms with Crippen LogP contribution in [0.2, 0.25) is 0 Å². The van der Waals surface area contributed by atoms with Gasteiger partial charge in [0.1, 0.15) is 0 Å². The molecule has 0 heterocycles. The molecule has 0 radical (unpaired) electrons. The Morgan fingerprint density at radius 2 is 0.938 bits per heavy atom. The smallest absolute Gasteiger partial charge is 0.220 e. The summed E-state index contributed by atoms with van der Waals surface area (Å²) in [5.41, 5.74) is 0. The van der Waals surface area contributed by atoms with Crippen molar-refractivity contribution in [3.8, 4) is 0 Å². The normalized spacial score (nSPS) is 14.3. The monoisotopic (exact) mass is 662 g/mol. The molecule has 0 spiro atoms. The molecular formula is C44H71NO3. The summed E-state index contributed by atoms with van der Waals surface area (Å²) in [5.74, 6) is -0.110. The molecule has 1 amide bonds. The number of carbonyl (C=O) groups is 1. The Balaban J connectivity index is 3.80. The summed E-state index contributed by atoms with van der Waals surface area (Å²) in [6.07, 6.45) is 58.8. The lowest BCUT2D eigenvalue weighted by Crippen LogP contribution is -2.45. The molecule has 0 aromatic carbocycles. The van der Waals surface area contributed by atoms with Crippen molar-refractivity contribution in [3.63, 3.8) is 0 Å². The molecule has 0 aliphatic heterocycles. The van der Waals surface area contributed by atoms with Gasteiger partial charge in [0, 0.05) is 6.42 Å². The second kappa shape index (κ2) is 38.5. The van der Waals surface area contributed by atoms with Crippen molar-refractivity contribution in [2.45, 2.75) is 154 Å². The van der Waals surface area contributed by atoms with Gasteiger partial charge in [0.2, 0.25) is 5.91 Å². The molecule has 270 valence electrons. The fraction of sp³-hybridized carbons (Fsp3) is 0.568. The van der Waals surface area contributed by atoms with Gasteiger partial charge < -0.3 is 15.5 Å². The highest BCUT2D eigenvalue weighted by Gasteiger charge is 2.17. The van der Waals surface area contributed by atoms with Crippen LogP contribution in [0.25, 0.3) is 0 Å². The van der Waals surface area contributed by atoms with Crippen LogP contribution in [0.15, 0.2) is 109 Å². The minimum Gasteiger partial charge on any atom is -0.394 e. The molecule has 4 nitrogen and oxygen atoms in total. The van der Waals surface area contributed by atoms with E-state index in [1.165, 1.54) is 25.7 Å². The zero-order valence-corrected chi connectivity index (χ0v) is 30.7. The van der Waals surface area contributed by atoms with Crippen LogP contribution in [0, 0.1) is 0 Å². The first-order chi connectivity index (χ1) is 23.7. The van der Waals surface area contributed by atoms with Crippen molar-refractivity contribution in [1.29, 1.82) is 0 Å². The number of carbonyl (C=O) groups excluding carboxylic acids is 1. The van der Waals surface area contributed by atoms with Gasteiger partial charge in [-0.05, 0) is 96.3 Å². The molecule has 0 aromatic rings. The summed E-state index contributed by atoms with van der Waals surface area (Å²) in [6.45, 7) is 4.10. The minimum absolute atomic E-state index is 0.110. The summed E-state index contributed by atoms with van der Waals surface area (Å²) in [6, 6.07) is -0.665. The van der Waals surface area contributed by atoms with Gasteiger partial charge in [-0.25, -0.2) is 0 Å². The van der Waals surface area contributed by atoms with E-state index in [4.69, 9.17) is 0 Å². The molecule has 4 heteroatoms. The predicted octanol–water partition coefficient (Wildman–Crippen LogP) is 11.7. The third-order valence-corrected chi connectivity index (χ3v) is 7.72. The molecule has 0 fully saturated rings. The summed E-state index contributed by atoms with van der Waals surface area (Å²) < 4.78 is 0. The fourth-order valence-electron chi connectivity index (χ4n) is 4.80. The van der Waals surface area contributed by atoms with Gasteiger partial charge in [0.05, 0.1) is 18.8 Å². The quantitative estimate of drug-likeness (QED) is 0.0496. The van der Waals surface area contributed by atoms with Crippen molar-refractivity contribution in [1.82, 2.24) is 5.32 Å². The number of nitrogens with one attached hydrogen (secondary N) is 1. The molecule has 0 aliphatic rings. The van der Waals surface area contributed by atoms with Crippen LogP contribution in [0.3, 0.4) is 0 Å².